The van der Waals surface area contributed by atoms with Crippen LogP contribution in [0.5, 0.6) is 0 Å². The van der Waals surface area contributed by atoms with Crippen molar-refractivity contribution in [1.29, 1.82) is 0 Å². The molecule has 2 aromatic rings. The van der Waals surface area contributed by atoms with Gasteiger partial charge in [-0.3, -0.25) is 0 Å². The fourth-order valence-electron chi connectivity index (χ4n) is 2.33. The first-order chi connectivity index (χ1) is 8.31. The van der Waals surface area contributed by atoms with Gasteiger partial charge >= 0.3 is 0 Å². The Balaban J connectivity index is 1.56. The summed E-state index contributed by atoms with van der Waals surface area (Å²) < 4.78 is 12.8. The third-order valence-electron chi connectivity index (χ3n) is 3.37. The predicted octanol–water partition coefficient (Wildman–Crippen LogP) is 4.25. The molecule has 0 unspecified atom stereocenters. The van der Waals surface area contributed by atoms with Gasteiger partial charge in [0.25, 0.3) is 0 Å². The van der Waals surface area contributed by atoms with Crippen LogP contribution >= 0.6 is 11.3 Å². The van der Waals surface area contributed by atoms with Gasteiger partial charge in [0, 0.05) is 17.1 Å². The molecular weight excluding hydrogens is 233 g/mol. The Morgan fingerprint density at radius 1 is 1.12 bits per heavy atom. The fraction of sp³-hybridized carbons (Fsp3) is 0.286. The van der Waals surface area contributed by atoms with Crippen LogP contribution in [0.4, 0.5) is 10.1 Å². The Bertz CT molecular complexity index is 471. The maximum Gasteiger partial charge on any atom is 0.123 e. The lowest BCUT2D eigenvalue weighted by Crippen LogP contribution is -2.33. The van der Waals surface area contributed by atoms with E-state index in [1.165, 1.54) is 11.3 Å². The number of halogens is 1. The van der Waals surface area contributed by atoms with Crippen LogP contribution in [-0.2, 0) is 0 Å². The standard InChI is InChI=1S/C14H14FNS/c15-12-3-1-10(2-4-12)11-7-14(8-11)16-13-5-6-17-9-13/h1-6,9,11,14,16H,7-8H2. The summed E-state index contributed by atoms with van der Waals surface area (Å²) in [4.78, 5) is 0. The minimum absolute atomic E-state index is 0.152. The fourth-order valence-corrected chi connectivity index (χ4v) is 2.92. The monoisotopic (exact) mass is 247 g/mol. The van der Waals surface area contributed by atoms with Crippen LogP contribution in [0, 0.1) is 5.82 Å². The molecule has 1 heterocycles. The van der Waals surface area contributed by atoms with E-state index in [4.69, 9.17) is 0 Å². The largest absolute Gasteiger partial charge is 0.382 e. The van der Waals surface area contributed by atoms with Crippen molar-refractivity contribution in [3.8, 4) is 0 Å². The van der Waals surface area contributed by atoms with Gasteiger partial charge in [0.15, 0.2) is 0 Å². The minimum atomic E-state index is -0.152. The molecule has 1 fully saturated rings. The summed E-state index contributed by atoms with van der Waals surface area (Å²) in [6.45, 7) is 0. The Morgan fingerprint density at radius 2 is 1.88 bits per heavy atom. The van der Waals surface area contributed by atoms with Gasteiger partial charge in [-0.25, -0.2) is 4.39 Å². The van der Waals surface area contributed by atoms with Gasteiger partial charge in [-0.05, 0) is 47.9 Å². The molecule has 0 spiro atoms. The van der Waals surface area contributed by atoms with Gasteiger partial charge in [-0.15, -0.1) is 0 Å². The van der Waals surface area contributed by atoms with Crippen LogP contribution < -0.4 is 5.32 Å². The third kappa shape index (κ3) is 2.34. The van der Waals surface area contributed by atoms with Gasteiger partial charge in [0.05, 0.1) is 0 Å². The van der Waals surface area contributed by atoms with Crippen molar-refractivity contribution < 1.29 is 4.39 Å². The lowest BCUT2D eigenvalue weighted by atomic mass is 9.76. The van der Waals surface area contributed by atoms with Gasteiger partial charge in [-0.1, -0.05) is 12.1 Å². The SMILES string of the molecule is Fc1ccc(C2CC(Nc3ccsc3)C2)cc1. The van der Waals surface area contributed by atoms with Gasteiger partial charge in [-0.2, -0.15) is 11.3 Å². The second-order valence-electron chi connectivity index (χ2n) is 4.57. The molecule has 1 N–H and O–H groups in total. The molecule has 1 nitrogen and oxygen atoms in total. The highest BCUT2D eigenvalue weighted by atomic mass is 32.1. The average Bonchev–Trinajstić information content (AvgIpc) is 2.77. The van der Waals surface area contributed by atoms with E-state index in [1.54, 1.807) is 23.5 Å². The van der Waals surface area contributed by atoms with Crippen molar-refractivity contribution in [3.05, 3.63) is 52.5 Å². The molecule has 0 atom stereocenters. The molecule has 3 rings (SSSR count). The lowest BCUT2D eigenvalue weighted by Gasteiger charge is -2.36. The molecular formula is C14H14FNS. The number of hydrogen-bond donors (Lipinski definition) is 1. The van der Waals surface area contributed by atoms with Crippen molar-refractivity contribution in [1.82, 2.24) is 0 Å². The number of thiophene rings is 1. The highest BCUT2D eigenvalue weighted by Crippen LogP contribution is 2.38. The number of nitrogens with one attached hydrogen (secondary N) is 1. The van der Waals surface area contributed by atoms with E-state index < -0.39 is 0 Å². The van der Waals surface area contributed by atoms with Crippen molar-refractivity contribution in [2.75, 3.05) is 5.32 Å². The zero-order valence-electron chi connectivity index (χ0n) is 9.40. The molecule has 3 heteroatoms. The number of rotatable bonds is 3. The molecule has 1 saturated carbocycles. The Morgan fingerprint density at radius 3 is 2.53 bits per heavy atom. The highest BCUT2D eigenvalue weighted by molar-refractivity contribution is 7.08. The van der Waals surface area contributed by atoms with Crippen LogP contribution in [0.25, 0.3) is 0 Å². The number of anilines is 1. The normalized spacial score (nSPS) is 23.1. The first-order valence-electron chi connectivity index (χ1n) is 5.85. The summed E-state index contributed by atoms with van der Waals surface area (Å²) in [5.41, 5.74) is 2.48. The molecule has 1 aliphatic rings. The Kier molecular flexibility index (Phi) is 2.85. The summed E-state index contributed by atoms with van der Waals surface area (Å²) in [6, 6.07) is 9.58. The van der Waals surface area contributed by atoms with E-state index in [0.717, 1.165) is 12.8 Å². The Hall–Kier alpha value is -1.35. The molecule has 1 aromatic carbocycles. The van der Waals surface area contributed by atoms with E-state index >= 15 is 0 Å². The van der Waals surface area contributed by atoms with Crippen LogP contribution in [0.15, 0.2) is 41.1 Å². The minimum Gasteiger partial charge on any atom is -0.382 e. The molecule has 0 aliphatic heterocycles. The van der Waals surface area contributed by atoms with E-state index in [2.05, 4.69) is 22.1 Å². The summed E-state index contributed by atoms with van der Waals surface area (Å²) in [7, 11) is 0. The molecule has 88 valence electrons. The third-order valence-corrected chi connectivity index (χ3v) is 4.05. The molecule has 0 amide bonds. The van der Waals surface area contributed by atoms with Crippen LogP contribution in [-0.4, -0.2) is 6.04 Å². The summed E-state index contributed by atoms with van der Waals surface area (Å²) in [5, 5.41) is 7.72. The summed E-state index contributed by atoms with van der Waals surface area (Å²) in [6.07, 6.45) is 2.28. The molecule has 17 heavy (non-hydrogen) atoms. The second kappa shape index (κ2) is 4.49. The van der Waals surface area contributed by atoms with Gasteiger partial charge in [0.2, 0.25) is 0 Å². The van der Waals surface area contributed by atoms with E-state index in [0.29, 0.717) is 12.0 Å². The first kappa shape index (κ1) is 10.8. The van der Waals surface area contributed by atoms with Crippen LogP contribution in [0.3, 0.4) is 0 Å². The molecule has 0 saturated heterocycles. The maximum absolute atomic E-state index is 12.8. The number of hydrogen-bond acceptors (Lipinski definition) is 2. The van der Waals surface area contributed by atoms with Gasteiger partial charge < -0.3 is 5.32 Å². The first-order valence-corrected chi connectivity index (χ1v) is 6.80. The predicted molar refractivity (Wildman–Crippen MR) is 70.1 cm³/mol. The van der Waals surface area contributed by atoms with Crippen molar-refractivity contribution in [2.24, 2.45) is 0 Å². The second-order valence-corrected chi connectivity index (χ2v) is 5.35. The van der Waals surface area contributed by atoms with Crippen molar-refractivity contribution in [2.45, 2.75) is 24.8 Å². The molecule has 1 aromatic heterocycles. The zero-order chi connectivity index (χ0) is 11.7. The van der Waals surface area contributed by atoms with Crippen molar-refractivity contribution >= 4 is 17.0 Å². The smallest absolute Gasteiger partial charge is 0.123 e. The van der Waals surface area contributed by atoms with Gasteiger partial charge in [0.1, 0.15) is 5.82 Å². The molecule has 0 bridgehead atoms. The topological polar surface area (TPSA) is 12.0 Å². The van der Waals surface area contributed by atoms with Crippen LogP contribution in [0.1, 0.15) is 24.3 Å². The summed E-state index contributed by atoms with van der Waals surface area (Å²) >= 11 is 1.71. The Labute approximate surface area is 104 Å². The maximum atomic E-state index is 12.8. The molecule has 0 radical (unpaired) electrons. The van der Waals surface area contributed by atoms with E-state index in [-0.39, 0.29) is 5.82 Å². The number of benzene rings is 1. The highest BCUT2D eigenvalue weighted by Gasteiger charge is 2.30. The zero-order valence-corrected chi connectivity index (χ0v) is 10.2. The quantitative estimate of drug-likeness (QED) is 0.855. The van der Waals surface area contributed by atoms with E-state index in [9.17, 15) is 4.39 Å². The molecule has 1 aliphatic carbocycles. The van der Waals surface area contributed by atoms with Crippen LogP contribution in [0.2, 0.25) is 0 Å². The van der Waals surface area contributed by atoms with E-state index in [1.807, 2.05) is 12.1 Å². The summed E-state index contributed by atoms with van der Waals surface area (Å²) in [5.74, 6) is 0.438. The average molecular weight is 247 g/mol. The van der Waals surface area contributed by atoms with Crippen molar-refractivity contribution in [3.63, 3.8) is 0 Å². The lowest BCUT2D eigenvalue weighted by molar-refractivity contribution is 0.374.